The van der Waals surface area contributed by atoms with Gasteiger partial charge in [0, 0.05) is 17.9 Å². The zero-order chi connectivity index (χ0) is 16.4. The molecule has 0 aliphatic carbocycles. The van der Waals surface area contributed by atoms with Gasteiger partial charge in [0.25, 0.3) is 0 Å². The van der Waals surface area contributed by atoms with Crippen molar-refractivity contribution in [1.29, 1.82) is 0 Å². The summed E-state index contributed by atoms with van der Waals surface area (Å²) in [5, 5.41) is 6.45. The van der Waals surface area contributed by atoms with Crippen molar-refractivity contribution in [2.45, 2.75) is 13.5 Å². The van der Waals surface area contributed by atoms with E-state index in [2.05, 4.69) is 10.6 Å². The van der Waals surface area contributed by atoms with E-state index < -0.39 is 0 Å². The minimum atomic E-state index is -0.296. The zero-order valence-corrected chi connectivity index (χ0v) is 13.9. The normalized spacial score (nSPS) is 10.7. The molecule has 1 aromatic heterocycles. The van der Waals surface area contributed by atoms with Gasteiger partial charge in [-0.25, -0.2) is 4.39 Å². The van der Waals surface area contributed by atoms with E-state index in [1.54, 1.807) is 16.7 Å². The van der Waals surface area contributed by atoms with Gasteiger partial charge in [0.2, 0.25) is 0 Å². The standard InChI is InChI=1S/C16H14FN3OS2/c1-2-20-13-8-7-12(9-14(13)23-16(20)21)19-15(22)18-11-5-3-10(17)4-6-11/h3-9H,2H2,1H3,(H2,18,19,22). The summed E-state index contributed by atoms with van der Waals surface area (Å²) in [6.45, 7) is 2.59. The van der Waals surface area contributed by atoms with Crippen LogP contribution in [0.15, 0.2) is 47.3 Å². The number of thiocarbonyl (C=S) groups is 1. The Bertz CT molecular complexity index is 915. The second-order valence-electron chi connectivity index (χ2n) is 4.88. The fraction of sp³-hybridized carbons (Fsp3) is 0.125. The molecule has 0 amide bonds. The molecule has 2 aromatic carbocycles. The van der Waals surface area contributed by atoms with Gasteiger partial charge in [0.15, 0.2) is 5.11 Å². The molecule has 7 heteroatoms. The fourth-order valence-electron chi connectivity index (χ4n) is 2.27. The molecule has 3 rings (SSSR count). The highest BCUT2D eigenvalue weighted by Gasteiger charge is 2.07. The first-order valence-corrected chi connectivity index (χ1v) is 8.26. The molecule has 0 spiro atoms. The number of hydrogen-bond donors (Lipinski definition) is 2. The molecule has 0 unspecified atom stereocenters. The van der Waals surface area contributed by atoms with Crippen LogP contribution in [0.25, 0.3) is 10.2 Å². The summed E-state index contributed by atoms with van der Waals surface area (Å²) in [5.74, 6) is -0.296. The van der Waals surface area contributed by atoms with Crippen LogP contribution >= 0.6 is 23.6 Å². The van der Waals surface area contributed by atoms with Gasteiger partial charge in [-0.2, -0.15) is 0 Å². The first-order chi connectivity index (χ1) is 11.1. The highest BCUT2D eigenvalue weighted by molar-refractivity contribution is 7.80. The van der Waals surface area contributed by atoms with Crippen molar-refractivity contribution in [3.05, 3.63) is 57.9 Å². The van der Waals surface area contributed by atoms with Crippen molar-refractivity contribution in [2.24, 2.45) is 0 Å². The van der Waals surface area contributed by atoms with Crippen LogP contribution in [0.1, 0.15) is 6.92 Å². The Balaban J connectivity index is 1.77. The van der Waals surface area contributed by atoms with Crippen molar-refractivity contribution in [1.82, 2.24) is 4.57 Å². The minimum Gasteiger partial charge on any atom is -0.332 e. The molecular formula is C16H14FN3OS2. The van der Waals surface area contributed by atoms with Crippen LogP contribution in [0.2, 0.25) is 0 Å². The van der Waals surface area contributed by atoms with Gasteiger partial charge in [0.1, 0.15) is 5.82 Å². The van der Waals surface area contributed by atoms with E-state index in [1.807, 2.05) is 25.1 Å². The maximum absolute atomic E-state index is 12.9. The highest BCUT2D eigenvalue weighted by Crippen LogP contribution is 2.22. The Morgan fingerprint density at radius 2 is 1.83 bits per heavy atom. The predicted molar refractivity (Wildman–Crippen MR) is 98.0 cm³/mol. The predicted octanol–water partition coefficient (Wildman–Crippen LogP) is 4.03. The van der Waals surface area contributed by atoms with Crippen LogP contribution in [0.4, 0.5) is 15.8 Å². The molecule has 0 bridgehead atoms. The minimum absolute atomic E-state index is 0.0339. The lowest BCUT2D eigenvalue weighted by Gasteiger charge is -2.10. The topological polar surface area (TPSA) is 46.1 Å². The third kappa shape index (κ3) is 3.40. The Morgan fingerprint density at radius 1 is 1.17 bits per heavy atom. The van der Waals surface area contributed by atoms with E-state index in [4.69, 9.17) is 12.2 Å². The summed E-state index contributed by atoms with van der Waals surface area (Å²) in [5.41, 5.74) is 2.42. The third-order valence-corrected chi connectivity index (χ3v) is 4.49. The number of fused-ring (bicyclic) bond motifs is 1. The molecule has 0 atom stereocenters. The van der Waals surface area contributed by atoms with Crippen LogP contribution < -0.4 is 15.5 Å². The fourth-order valence-corrected chi connectivity index (χ4v) is 3.50. The molecule has 0 fully saturated rings. The molecule has 118 valence electrons. The van der Waals surface area contributed by atoms with E-state index in [-0.39, 0.29) is 10.7 Å². The molecule has 4 nitrogen and oxygen atoms in total. The van der Waals surface area contributed by atoms with E-state index >= 15 is 0 Å². The van der Waals surface area contributed by atoms with Gasteiger partial charge in [0.05, 0.1) is 10.2 Å². The highest BCUT2D eigenvalue weighted by atomic mass is 32.1. The molecular weight excluding hydrogens is 333 g/mol. The average molecular weight is 347 g/mol. The first-order valence-electron chi connectivity index (χ1n) is 7.04. The number of nitrogens with zero attached hydrogens (tertiary/aromatic N) is 1. The molecule has 0 aliphatic rings. The second kappa shape index (κ2) is 6.47. The number of halogens is 1. The van der Waals surface area contributed by atoms with Crippen molar-refractivity contribution in [2.75, 3.05) is 10.6 Å². The lowest BCUT2D eigenvalue weighted by Crippen LogP contribution is -2.18. The van der Waals surface area contributed by atoms with Crippen LogP contribution in [0, 0.1) is 5.82 Å². The Kier molecular flexibility index (Phi) is 4.40. The Labute approximate surface area is 141 Å². The van der Waals surface area contributed by atoms with Crippen LogP contribution in [0.3, 0.4) is 0 Å². The summed E-state index contributed by atoms with van der Waals surface area (Å²) >= 11 is 6.46. The van der Waals surface area contributed by atoms with Crippen molar-refractivity contribution in [3.8, 4) is 0 Å². The molecule has 1 heterocycles. The lowest BCUT2D eigenvalue weighted by molar-refractivity contribution is 0.628. The number of benzene rings is 2. The van der Waals surface area contributed by atoms with Crippen LogP contribution in [-0.2, 0) is 6.54 Å². The SMILES string of the molecule is CCn1c(=O)sc2cc(NC(=S)Nc3ccc(F)cc3)ccc21. The summed E-state index contributed by atoms with van der Waals surface area (Å²) in [6.07, 6.45) is 0. The number of aromatic nitrogens is 1. The smallest absolute Gasteiger partial charge is 0.308 e. The third-order valence-electron chi connectivity index (χ3n) is 3.34. The maximum Gasteiger partial charge on any atom is 0.308 e. The largest absolute Gasteiger partial charge is 0.332 e. The van der Waals surface area contributed by atoms with Crippen molar-refractivity contribution < 1.29 is 4.39 Å². The second-order valence-corrected chi connectivity index (χ2v) is 6.28. The number of rotatable bonds is 3. The summed E-state index contributed by atoms with van der Waals surface area (Å²) in [4.78, 5) is 11.9. The van der Waals surface area contributed by atoms with Gasteiger partial charge in [-0.1, -0.05) is 11.3 Å². The van der Waals surface area contributed by atoms with Crippen LogP contribution in [0.5, 0.6) is 0 Å². The zero-order valence-electron chi connectivity index (χ0n) is 12.3. The van der Waals surface area contributed by atoms with Crippen molar-refractivity contribution >= 4 is 50.3 Å². The number of anilines is 2. The first kappa shape index (κ1) is 15.6. The molecule has 3 aromatic rings. The van der Waals surface area contributed by atoms with E-state index in [1.165, 1.54) is 23.5 Å². The number of thiazole rings is 1. The van der Waals surface area contributed by atoms with E-state index in [9.17, 15) is 9.18 Å². The summed E-state index contributed by atoms with van der Waals surface area (Å²) in [6, 6.07) is 11.6. The van der Waals surface area contributed by atoms with E-state index in [0.29, 0.717) is 17.3 Å². The number of hydrogen-bond acceptors (Lipinski definition) is 3. The Morgan fingerprint density at radius 3 is 2.52 bits per heavy atom. The molecule has 2 N–H and O–H groups in total. The molecule has 0 saturated heterocycles. The monoisotopic (exact) mass is 347 g/mol. The van der Waals surface area contributed by atoms with Gasteiger partial charge in [-0.15, -0.1) is 0 Å². The van der Waals surface area contributed by atoms with Crippen LogP contribution in [-0.4, -0.2) is 9.68 Å². The van der Waals surface area contributed by atoms with Gasteiger partial charge < -0.3 is 10.6 Å². The van der Waals surface area contributed by atoms with Gasteiger partial charge >= 0.3 is 4.87 Å². The maximum atomic E-state index is 12.9. The quantitative estimate of drug-likeness (QED) is 0.702. The molecule has 0 saturated carbocycles. The molecule has 0 aliphatic heterocycles. The molecule has 0 radical (unpaired) electrons. The lowest BCUT2D eigenvalue weighted by atomic mass is 10.3. The molecule has 23 heavy (non-hydrogen) atoms. The van der Waals surface area contributed by atoms with Crippen molar-refractivity contribution in [3.63, 3.8) is 0 Å². The van der Waals surface area contributed by atoms with Gasteiger partial charge in [-0.05, 0) is 61.6 Å². The van der Waals surface area contributed by atoms with Gasteiger partial charge in [-0.3, -0.25) is 9.36 Å². The average Bonchev–Trinajstić information content (AvgIpc) is 2.83. The summed E-state index contributed by atoms with van der Waals surface area (Å²) in [7, 11) is 0. The van der Waals surface area contributed by atoms with E-state index in [0.717, 1.165) is 15.9 Å². The number of nitrogens with one attached hydrogen (secondary N) is 2. The number of aryl methyl sites for hydroxylation is 1. The Hall–Kier alpha value is -2.25. The summed E-state index contributed by atoms with van der Waals surface area (Å²) < 4.78 is 15.5.